The second-order valence-electron chi connectivity index (χ2n) is 3.69. The van der Waals surface area contributed by atoms with Crippen molar-refractivity contribution in [1.82, 2.24) is 10.1 Å². The van der Waals surface area contributed by atoms with Crippen LogP contribution in [0.3, 0.4) is 0 Å². The molecule has 1 heterocycles. The van der Waals surface area contributed by atoms with E-state index in [0.29, 0.717) is 11.7 Å². The Labute approximate surface area is 83.6 Å². The first kappa shape index (κ1) is 11.1. The Balaban J connectivity index is 2.88. The number of nitrogens with two attached hydrogens (primary N) is 1. The standard InChI is InChI=1S/C9H17N3O2/c1-5-6(10)7-11-8(12-14-7)9(2,3)13-4/h6H,5,10H2,1-4H3. The Morgan fingerprint density at radius 3 is 2.71 bits per heavy atom. The number of hydrogen-bond donors (Lipinski definition) is 1. The van der Waals surface area contributed by atoms with Gasteiger partial charge in [0.25, 0.3) is 0 Å². The van der Waals surface area contributed by atoms with Gasteiger partial charge in [0.1, 0.15) is 5.60 Å². The Bertz CT molecular complexity index is 296. The minimum absolute atomic E-state index is 0.191. The lowest BCUT2D eigenvalue weighted by molar-refractivity contribution is 0.00973. The molecule has 5 nitrogen and oxygen atoms in total. The van der Waals surface area contributed by atoms with Crippen molar-refractivity contribution in [3.63, 3.8) is 0 Å². The average Bonchev–Trinajstić information content (AvgIpc) is 2.66. The summed E-state index contributed by atoms with van der Waals surface area (Å²) in [7, 11) is 1.61. The largest absolute Gasteiger partial charge is 0.371 e. The molecule has 0 spiro atoms. The van der Waals surface area contributed by atoms with Crippen LogP contribution in [0.1, 0.15) is 44.9 Å². The van der Waals surface area contributed by atoms with E-state index in [1.54, 1.807) is 7.11 Å². The van der Waals surface area contributed by atoms with Crippen molar-refractivity contribution in [2.75, 3.05) is 7.11 Å². The Kier molecular flexibility index (Phi) is 3.23. The zero-order valence-corrected chi connectivity index (χ0v) is 9.07. The van der Waals surface area contributed by atoms with E-state index >= 15 is 0 Å². The van der Waals surface area contributed by atoms with Crippen LogP contribution in [-0.2, 0) is 10.3 Å². The molecule has 14 heavy (non-hydrogen) atoms. The van der Waals surface area contributed by atoms with Crippen LogP contribution in [0.5, 0.6) is 0 Å². The summed E-state index contributed by atoms with van der Waals surface area (Å²) in [4.78, 5) is 4.20. The summed E-state index contributed by atoms with van der Waals surface area (Å²) in [6.07, 6.45) is 0.773. The molecular formula is C9H17N3O2. The number of hydrogen-bond acceptors (Lipinski definition) is 5. The van der Waals surface area contributed by atoms with Crippen LogP contribution in [0.15, 0.2) is 4.52 Å². The summed E-state index contributed by atoms with van der Waals surface area (Å²) in [6.45, 7) is 5.72. The molecule has 0 fully saturated rings. The second-order valence-corrected chi connectivity index (χ2v) is 3.69. The number of nitrogens with zero attached hydrogens (tertiary/aromatic N) is 2. The molecule has 0 aromatic carbocycles. The molecular weight excluding hydrogens is 182 g/mol. The summed E-state index contributed by atoms with van der Waals surface area (Å²) in [6, 6.07) is -0.191. The summed E-state index contributed by atoms with van der Waals surface area (Å²) < 4.78 is 10.3. The predicted octanol–water partition coefficient (Wildman–Crippen LogP) is 1.36. The van der Waals surface area contributed by atoms with E-state index < -0.39 is 5.60 Å². The molecule has 80 valence electrons. The van der Waals surface area contributed by atoms with Gasteiger partial charge in [0.05, 0.1) is 6.04 Å². The molecule has 0 amide bonds. The average molecular weight is 199 g/mol. The smallest absolute Gasteiger partial charge is 0.243 e. The summed E-state index contributed by atoms with van der Waals surface area (Å²) in [5.41, 5.74) is 5.22. The highest BCUT2D eigenvalue weighted by Gasteiger charge is 2.27. The van der Waals surface area contributed by atoms with Crippen molar-refractivity contribution >= 4 is 0 Å². The summed E-state index contributed by atoms with van der Waals surface area (Å²) in [5.74, 6) is 0.992. The van der Waals surface area contributed by atoms with Gasteiger partial charge in [-0.1, -0.05) is 12.1 Å². The maximum atomic E-state index is 5.76. The van der Waals surface area contributed by atoms with E-state index in [1.165, 1.54) is 0 Å². The van der Waals surface area contributed by atoms with E-state index in [1.807, 2.05) is 20.8 Å². The predicted molar refractivity (Wildman–Crippen MR) is 51.6 cm³/mol. The number of methoxy groups -OCH3 is 1. The summed E-state index contributed by atoms with van der Waals surface area (Å²) >= 11 is 0. The highest BCUT2D eigenvalue weighted by atomic mass is 16.5. The monoisotopic (exact) mass is 199 g/mol. The van der Waals surface area contributed by atoms with E-state index in [-0.39, 0.29) is 6.04 Å². The molecule has 0 saturated heterocycles. The molecule has 0 aliphatic heterocycles. The van der Waals surface area contributed by atoms with Gasteiger partial charge in [0.2, 0.25) is 11.7 Å². The van der Waals surface area contributed by atoms with Crippen LogP contribution < -0.4 is 5.73 Å². The Morgan fingerprint density at radius 2 is 2.21 bits per heavy atom. The van der Waals surface area contributed by atoms with Gasteiger partial charge in [-0.05, 0) is 20.3 Å². The third-order valence-electron chi connectivity index (χ3n) is 2.25. The van der Waals surface area contributed by atoms with Gasteiger partial charge < -0.3 is 15.0 Å². The fourth-order valence-electron chi connectivity index (χ4n) is 0.896. The molecule has 1 aromatic rings. The van der Waals surface area contributed by atoms with Crippen molar-refractivity contribution in [3.8, 4) is 0 Å². The van der Waals surface area contributed by atoms with Crippen LogP contribution in [0.2, 0.25) is 0 Å². The van der Waals surface area contributed by atoms with Crippen molar-refractivity contribution in [2.24, 2.45) is 5.73 Å². The molecule has 1 rings (SSSR count). The summed E-state index contributed by atoms with van der Waals surface area (Å²) in [5, 5.41) is 3.84. The maximum Gasteiger partial charge on any atom is 0.243 e. The molecule has 0 aliphatic carbocycles. The van der Waals surface area contributed by atoms with Crippen LogP contribution in [0, 0.1) is 0 Å². The Morgan fingerprint density at radius 1 is 1.57 bits per heavy atom. The van der Waals surface area contributed by atoms with Gasteiger partial charge in [0.15, 0.2) is 0 Å². The number of rotatable bonds is 4. The van der Waals surface area contributed by atoms with Crippen molar-refractivity contribution < 1.29 is 9.26 Å². The molecule has 0 bridgehead atoms. The van der Waals surface area contributed by atoms with Gasteiger partial charge in [-0.2, -0.15) is 4.98 Å². The minimum atomic E-state index is -0.533. The lowest BCUT2D eigenvalue weighted by Gasteiger charge is -2.17. The number of ether oxygens (including phenoxy) is 1. The van der Waals surface area contributed by atoms with Gasteiger partial charge in [-0.3, -0.25) is 0 Å². The zero-order chi connectivity index (χ0) is 10.8. The van der Waals surface area contributed by atoms with E-state index in [2.05, 4.69) is 10.1 Å². The van der Waals surface area contributed by atoms with Crippen LogP contribution in [0.4, 0.5) is 0 Å². The third-order valence-corrected chi connectivity index (χ3v) is 2.25. The Hall–Kier alpha value is -0.940. The quantitative estimate of drug-likeness (QED) is 0.792. The molecule has 2 N–H and O–H groups in total. The third kappa shape index (κ3) is 2.10. The molecule has 5 heteroatoms. The lowest BCUT2D eigenvalue weighted by Crippen LogP contribution is -2.21. The number of aromatic nitrogens is 2. The van der Waals surface area contributed by atoms with Crippen LogP contribution >= 0.6 is 0 Å². The van der Waals surface area contributed by atoms with Crippen molar-refractivity contribution in [2.45, 2.75) is 38.8 Å². The normalized spacial score (nSPS) is 14.4. The lowest BCUT2D eigenvalue weighted by atomic mass is 10.1. The first-order valence-corrected chi connectivity index (χ1v) is 4.66. The highest BCUT2D eigenvalue weighted by molar-refractivity contribution is 4.99. The van der Waals surface area contributed by atoms with Gasteiger partial charge in [-0.25, -0.2) is 0 Å². The van der Waals surface area contributed by atoms with Crippen molar-refractivity contribution in [3.05, 3.63) is 11.7 Å². The molecule has 1 aromatic heterocycles. The zero-order valence-electron chi connectivity index (χ0n) is 9.07. The van der Waals surface area contributed by atoms with E-state index in [0.717, 1.165) is 6.42 Å². The van der Waals surface area contributed by atoms with E-state index in [4.69, 9.17) is 15.0 Å². The van der Waals surface area contributed by atoms with Crippen LogP contribution in [0.25, 0.3) is 0 Å². The maximum absolute atomic E-state index is 5.76. The first-order chi connectivity index (χ1) is 6.51. The molecule has 1 atom stereocenters. The molecule has 1 unspecified atom stereocenters. The minimum Gasteiger partial charge on any atom is -0.371 e. The topological polar surface area (TPSA) is 74.2 Å². The van der Waals surface area contributed by atoms with Crippen molar-refractivity contribution in [1.29, 1.82) is 0 Å². The van der Waals surface area contributed by atoms with Gasteiger partial charge in [0, 0.05) is 7.11 Å². The molecule has 0 saturated carbocycles. The first-order valence-electron chi connectivity index (χ1n) is 4.66. The van der Waals surface area contributed by atoms with Gasteiger partial charge >= 0.3 is 0 Å². The van der Waals surface area contributed by atoms with Crippen LogP contribution in [-0.4, -0.2) is 17.3 Å². The van der Waals surface area contributed by atoms with E-state index in [9.17, 15) is 0 Å². The second kappa shape index (κ2) is 4.06. The fraction of sp³-hybridized carbons (Fsp3) is 0.778. The highest BCUT2D eigenvalue weighted by Crippen LogP contribution is 2.22. The fourth-order valence-corrected chi connectivity index (χ4v) is 0.896. The van der Waals surface area contributed by atoms with Gasteiger partial charge in [-0.15, -0.1) is 0 Å². The molecule has 0 aliphatic rings. The SMILES string of the molecule is CCC(N)c1nc(C(C)(C)OC)no1. The molecule has 0 radical (unpaired) electrons.